The van der Waals surface area contributed by atoms with Crippen LogP contribution < -0.4 is 4.90 Å². The highest BCUT2D eigenvalue weighted by molar-refractivity contribution is 9.10. The number of hydrogen-bond acceptors (Lipinski definition) is 2. The summed E-state index contributed by atoms with van der Waals surface area (Å²) in [7, 11) is 0. The van der Waals surface area contributed by atoms with Crippen LogP contribution in [0.1, 0.15) is 22.8 Å². The van der Waals surface area contributed by atoms with Gasteiger partial charge in [0, 0.05) is 28.8 Å². The third-order valence-corrected chi connectivity index (χ3v) is 3.55. The molecule has 0 fully saturated rings. The van der Waals surface area contributed by atoms with Gasteiger partial charge in [-0.05, 0) is 30.7 Å². The summed E-state index contributed by atoms with van der Waals surface area (Å²) in [6.45, 7) is 3.75. The summed E-state index contributed by atoms with van der Waals surface area (Å²) in [6, 6.07) is 16.0. The van der Waals surface area contributed by atoms with Crippen molar-refractivity contribution in [3.05, 3.63) is 64.1 Å². The van der Waals surface area contributed by atoms with Crippen LogP contribution in [0.2, 0.25) is 0 Å². The molecule has 2 nitrogen and oxygen atoms in total. The normalized spacial score (nSPS) is 10.2. The Labute approximate surface area is 122 Å². The van der Waals surface area contributed by atoms with Gasteiger partial charge < -0.3 is 4.90 Å². The number of aldehydes is 1. The molecule has 0 aliphatic rings. The second-order valence-electron chi connectivity index (χ2n) is 4.32. The molecule has 0 unspecified atom stereocenters. The predicted molar refractivity (Wildman–Crippen MR) is 82.7 cm³/mol. The number of halogens is 1. The highest BCUT2D eigenvalue weighted by atomic mass is 79.9. The first kappa shape index (κ1) is 13.8. The van der Waals surface area contributed by atoms with Crippen LogP contribution >= 0.6 is 15.9 Å². The van der Waals surface area contributed by atoms with Crippen molar-refractivity contribution in [3.63, 3.8) is 0 Å². The largest absolute Gasteiger partial charge is 0.367 e. The van der Waals surface area contributed by atoms with Crippen LogP contribution in [-0.2, 0) is 6.54 Å². The Morgan fingerprint density at radius 3 is 2.53 bits per heavy atom. The lowest BCUT2D eigenvalue weighted by Gasteiger charge is -2.25. The first-order valence-corrected chi connectivity index (χ1v) is 7.07. The van der Waals surface area contributed by atoms with Crippen molar-refractivity contribution in [1.82, 2.24) is 0 Å². The molecule has 0 bridgehead atoms. The van der Waals surface area contributed by atoms with Gasteiger partial charge in [-0.3, -0.25) is 4.79 Å². The van der Waals surface area contributed by atoms with Crippen LogP contribution in [0.3, 0.4) is 0 Å². The average molecular weight is 318 g/mol. The maximum Gasteiger partial charge on any atom is 0.152 e. The summed E-state index contributed by atoms with van der Waals surface area (Å²) in [6.07, 6.45) is 0.912. The third-order valence-electron chi connectivity index (χ3n) is 3.06. The number of nitrogens with zero attached hydrogens (tertiary/aromatic N) is 1. The zero-order valence-corrected chi connectivity index (χ0v) is 12.4. The van der Waals surface area contributed by atoms with Crippen molar-refractivity contribution < 1.29 is 4.79 Å². The van der Waals surface area contributed by atoms with E-state index in [0.717, 1.165) is 35.1 Å². The Bertz CT molecular complexity index is 554. The summed E-state index contributed by atoms with van der Waals surface area (Å²) in [5.74, 6) is 0. The second-order valence-corrected chi connectivity index (χ2v) is 5.24. The molecule has 0 saturated carbocycles. The Balaban J connectivity index is 2.31. The van der Waals surface area contributed by atoms with Crippen molar-refractivity contribution in [2.24, 2.45) is 0 Å². The van der Waals surface area contributed by atoms with Crippen molar-refractivity contribution >= 4 is 27.9 Å². The molecule has 0 spiro atoms. The van der Waals surface area contributed by atoms with Crippen LogP contribution in [0, 0.1) is 0 Å². The van der Waals surface area contributed by atoms with Gasteiger partial charge in [0.05, 0.1) is 0 Å². The van der Waals surface area contributed by atoms with E-state index >= 15 is 0 Å². The first-order valence-electron chi connectivity index (χ1n) is 6.28. The van der Waals surface area contributed by atoms with Crippen molar-refractivity contribution in [2.75, 3.05) is 11.4 Å². The van der Waals surface area contributed by atoms with Gasteiger partial charge in [-0.25, -0.2) is 0 Å². The number of carbonyl (C=O) groups is 1. The Morgan fingerprint density at radius 1 is 1.16 bits per heavy atom. The summed E-state index contributed by atoms with van der Waals surface area (Å²) >= 11 is 3.47. The first-order chi connectivity index (χ1) is 9.24. The van der Waals surface area contributed by atoms with E-state index in [1.165, 1.54) is 5.56 Å². The molecule has 0 heterocycles. The SMILES string of the molecule is CCN(Cc1ccccc1)c1cc(Br)ccc1C=O. The molecule has 0 saturated heterocycles. The summed E-state index contributed by atoms with van der Waals surface area (Å²) in [4.78, 5) is 13.4. The molecule has 2 aromatic carbocycles. The predicted octanol–water partition coefficient (Wildman–Crippen LogP) is 4.29. The van der Waals surface area contributed by atoms with E-state index < -0.39 is 0 Å². The fourth-order valence-corrected chi connectivity index (χ4v) is 2.41. The zero-order valence-electron chi connectivity index (χ0n) is 10.8. The lowest BCUT2D eigenvalue weighted by molar-refractivity contribution is 0.112. The third kappa shape index (κ3) is 3.44. The van der Waals surface area contributed by atoms with Gasteiger partial charge in [-0.1, -0.05) is 46.3 Å². The van der Waals surface area contributed by atoms with Crippen LogP contribution in [-0.4, -0.2) is 12.8 Å². The van der Waals surface area contributed by atoms with Gasteiger partial charge in [0.25, 0.3) is 0 Å². The fourth-order valence-electron chi connectivity index (χ4n) is 2.06. The highest BCUT2D eigenvalue weighted by Crippen LogP contribution is 2.25. The Kier molecular flexibility index (Phi) is 4.74. The van der Waals surface area contributed by atoms with E-state index in [1.807, 2.05) is 36.4 Å². The minimum absolute atomic E-state index is 0.723. The Morgan fingerprint density at radius 2 is 1.89 bits per heavy atom. The van der Waals surface area contributed by atoms with Gasteiger partial charge >= 0.3 is 0 Å². The minimum atomic E-state index is 0.723. The molecular formula is C16H16BrNO. The summed E-state index contributed by atoms with van der Waals surface area (Å²) < 4.78 is 0.986. The minimum Gasteiger partial charge on any atom is -0.367 e. The van der Waals surface area contributed by atoms with Crippen LogP contribution in [0.25, 0.3) is 0 Å². The standard InChI is InChI=1S/C16H16BrNO/c1-2-18(11-13-6-4-3-5-7-13)16-10-15(17)9-8-14(16)12-19/h3-10,12H,2,11H2,1H3. The molecule has 0 aromatic heterocycles. The molecule has 19 heavy (non-hydrogen) atoms. The number of anilines is 1. The number of benzene rings is 2. The van der Waals surface area contributed by atoms with Gasteiger partial charge in [0.1, 0.15) is 0 Å². The van der Waals surface area contributed by atoms with E-state index in [1.54, 1.807) is 0 Å². The quantitative estimate of drug-likeness (QED) is 0.767. The van der Waals surface area contributed by atoms with E-state index in [0.29, 0.717) is 0 Å². The summed E-state index contributed by atoms with van der Waals surface area (Å²) in [5, 5.41) is 0. The molecule has 2 rings (SSSR count). The van der Waals surface area contributed by atoms with Crippen molar-refractivity contribution in [1.29, 1.82) is 0 Å². The fraction of sp³-hybridized carbons (Fsp3) is 0.188. The topological polar surface area (TPSA) is 20.3 Å². The van der Waals surface area contributed by atoms with E-state index in [-0.39, 0.29) is 0 Å². The maximum atomic E-state index is 11.2. The van der Waals surface area contributed by atoms with Crippen LogP contribution in [0.15, 0.2) is 53.0 Å². The molecule has 98 valence electrons. The molecule has 3 heteroatoms. The number of carbonyl (C=O) groups excluding carboxylic acids is 1. The monoisotopic (exact) mass is 317 g/mol. The molecular weight excluding hydrogens is 302 g/mol. The van der Waals surface area contributed by atoms with Gasteiger partial charge in [-0.15, -0.1) is 0 Å². The van der Waals surface area contributed by atoms with Gasteiger partial charge in [0.15, 0.2) is 6.29 Å². The lowest BCUT2D eigenvalue weighted by Crippen LogP contribution is -2.23. The number of hydrogen-bond donors (Lipinski definition) is 0. The molecule has 0 aliphatic heterocycles. The van der Waals surface area contributed by atoms with Crippen molar-refractivity contribution in [2.45, 2.75) is 13.5 Å². The van der Waals surface area contributed by atoms with Crippen LogP contribution in [0.4, 0.5) is 5.69 Å². The molecule has 0 atom stereocenters. The van der Waals surface area contributed by atoms with Gasteiger partial charge in [-0.2, -0.15) is 0 Å². The van der Waals surface area contributed by atoms with Gasteiger partial charge in [0.2, 0.25) is 0 Å². The zero-order chi connectivity index (χ0) is 13.7. The maximum absolute atomic E-state index is 11.2. The van der Waals surface area contributed by atoms with E-state index in [4.69, 9.17) is 0 Å². The van der Waals surface area contributed by atoms with E-state index in [2.05, 4.69) is 39.9 Å². The lowest BCUT2D eigenvalue weighted by atomic mass is 10.1. The molecule has 0 amide bonds. The molecule has 0 radical (unpaired) electrons. The van der Waals surface area contributed by atoms with E-state index in [9.17, 15) is 4.79 Å². The Hall–Kier alpha value is -1.61. The average Bonchev–Trinajstić information content (AvgIpc) is 2.46. The highest BCUT2D eigenvalue weighted by Gasteiger charge is 2.10. The summed E-state index contributed by atoms with van der Waals surface area (Å²) in [5.41, 5.74) is 2.93. The molecule has 0 N–H and O–H groups in total. The van der Waals surface area contributed by atoms with Crippen LogP contribution in [0.5, 0.6) is 0 Å². The number of rotatable bonds is 5. The molecule has 0 aliphatic carbocycles. The second kappa shape index (κ2) is 6.53. The molecule has 2 aromatic rings. The van der Waals surface area contributed by atoms with Crippen molar-refractivity contribution in [3.8, 4) is 0 Å². The smallest absolute Gasteiger partial charge is 0.152 e.